The van der Waals surface area contributed by atoms with E-state index in [0.29, 0.717) is 0 Å². The van der Waals surface area contributed by atoms with Crippen molar-refractivity contribution in [2.24, 2.45) is 4.99 Å². The summed E-state index contributed by atoms with van der Waals surface area (Å²) in [5.74, 6) is 0. The zero-order valence-electron chi connectivity index (χ0n) is 16.0. The van der Waals surface area contributed by atoms with Crippen molar-refractivity contribution in [1.29, 1.82) is 0 Å². The molecule has 1 atom stereocenters. The van der Waals surface area contributed by atoms with E-state index in [2.05, 4.69) is 110 Å². The fourth-order valence-corrected chi connectivity index (χ4v) is 3.49. The van der Waals surface area contributed by atoms with Gasteiger partial charge in [-0.3, -0.25) is 4.99 Å². The molecule has 0 radical (unpaired) electrons. The van der Waals surface area contributed by atoms with Crippen LogP contribution in [0.25, 0.3) is 0 Å². The number of nitrogens with zero attached hydrogens (tertiary/aromatic N) is 1. The fraction of sp³-hybridized carbons (Fsp3) is 0.0741. The summed E-state index contributed by atoms with van der Waals surface area (Å²) in [4.78, 5) is 5.33. The molecule has 1 nitrogen and oxygen atoms in total. The molecule has 4 rings (SSSR count). The van der Waals surface area contributed by atoms with Crippen molar-refractivity contribution in [2.45, 2.75) is 13.0 Å². The first-order valence-electron chi connectivity index (χ1n) is 9.62. The van der Waals surface area contributed by atoms with Crippen molar-refractivity contribution < 1.29 is 0 Å². The van der Waals surface area contributed by atoms with E-state index < -0.39 is 0 Å². The highest BCUT2D eigenvalue weighted by atomic mass is 14.8. The van der Waals surface area contributed by atoms with E-state index in [1.165, 1.54) is 16.7 Å². The maximum atomic E-state index is 5.33. The van der Waals surface area contributed by atoms with Crippen LogP contribution in [0, 0.1) is 6.92 Å². The normalized spacial score (nSPS) is 11.6. The highest BCUT2D eigenvalue weighted by Gasteiger charge is 2.17. The number of hydrogen-bond acceptors (Lipinski definition) is 1. The Morgan fingerprint density at radius 1 is 0.571 bits per heavy atom. The molecule has 28 heavy (non-hydrogen) atoms. The van der Waals surface area contributed by atoms with Crippen LogP contribution >= 0.6 is 0 Å². The molecule has 0 saturated heterocycles. The summed E-state index contributed by atoms with van der Waals surface area (Å²) in [5.41, 5.74) is 6.95. The van der Waals surface area contributed by atoms with Gasteiger partial charge in [-0.2, -0.15) is 0 Å². The predicted octanol–water partition coefficient (Wildman–Crippen LogP) is 6.62. The van der Waals surface area contributed by atoms with Crippen molar-refractivity contribution in [1.82, 2.24) is 0 Å². The molecule has 0 heterocycles. The SMILES string of the molecule is Cc1ccccc1C(N=C(c1ccccc1)c1ccccc1)c1ccccc1. The molecular formula is C27H23N. The molecule has 1 unspecified atom stereocenters. The molecule has 4 aromatic rings. The standard InChI is InChI=1S/C27H23N/c1-21-13-11-12-20-25(21)27(24-18-9-4-10-19-24)28-26(22-14-5-2-6-15-22)23-16-7-3-8-17-23/h2-20,27H,1H3. The quantitative estimate of drug-likeness (QED) is 0.354. The number of hydrogen-bond donors (Lipinski definition) is 0. The van der Waals surface area contributed by atoms with Crippen LogP contribution in [-0.2, 0) is 0 Å². The minimum atomic E-state index is -0.0576. The van der Waals surface area contributed by atoms with Gasteiger partial charge in [0.1, 0.15) is 6.04 Å². The summed E-state index contributed by atoms with van der Waals surface area (Å²) >= 11 is 0. The Balaban J connectivity index is 1.93. The van der Waals surface area contributed by atoms with Gasteiger partial charge in [0.15, 0.2) is 0 Å². The first kappa shape index (κ1) is 17.9. The molecule has 0 bridgehead atoms. The van der Waals surface area contributed by atoms with E-state index >= 15 is 0 Å². The third-order valence-corrected chi connectivity index (χ3v) is 4.95. The first-order chi connectivity index (χ1) is 13.8. The summed E-state index contributed by atoms with van der Waals surface area (Å²) < 4.78 is 0. The monoisotopic (exact) mass is 361 g/mol. The van der Waals surface area contributed by atoms with Crippen LogP contribution in [0.5, 0.6) is 0 Å². The van der Waals surface area contributed by atoms with E-state index in [1.807, 2.05) is 12.1 Å². The molecule has 1 heteroatoms. The number of rotatable bonds is 5. The molecule has 0 aliphatic carbocycles. The molecule has 0 saturated carbocycles. The summed E-state index contributed by atoms with van der Waals surface area (Å²) in [6, 6.07) is 39.9. The van der Waals surface area contributed by atoms with Crippen molar-refractivity contribution in [3.05, 3.63) is 143 Å². The lowest BCUT2D eigenvalue weighted by Crippen LogP contribution is -2.09. The molecule has 0 aliphatic heterocycles. The van der Waals surface area contributed by atoms with E-state index in [1.54, 1.807) is 0 Å². The van der Waals surface area contributed by atoms with Crippen LogP contribution in [0.2, 0.25) is 0 Å². The smallest absolute Gasteiger partial charge is 0.101 e. The van der Waals surface area contributed by atoms with Gasteiger partial charge in [0, 0.05) is 11.1 Å². The Hall–Kier alpha value is -3.45. The maximum Gasteiger partial charge on any atom is 0.101 e. The minimum absolute atomic E-state index is 0.0576. The van der Waals surface area contributed by atoms with Gasteiger partial charge in [-0.1, -0.05) is 115 Å². The summed E-state index contributed by atoms with van der Waals surface area (Å²) in [7, 11) is 0. The van der Waals surface area contributed by atoms with Gasteiger partial charge in [0.25, 0.3) is 0 Å². The Morgan fingerprint density at radius 2 is 1.04 bits per heavy atom. The number of aryl methyl sites for hydroxylation is 1. The van der Waals surface area contributed by atoms with Gasteiger partial charge in [-0.25, -0.2) is 0 Å². The Morgan fingerprint density at radius 3 is 1.57 bits per heavy atom. The predicted molar refractivity (Wildman–Crippen MR) is 118 cm³/mol. The van der Waals surface area contributed by atoms with Gasteiger partial charge in [-0.05, 0) is 23.6 Å². The van der Waals surface area contributed by atoms with Crippen molar-refractivity contribution >= 4 is 5.71 Å². The average Bonchev–Trinajstić information content (AvgIpc) is 2.77. The highest BCUT2D eigenvalue weighted by Crippen LogP contribution is 2.30. The Labute approximate surface area is 167 Å². The van der Waals surface area contributed by atoms with Gasteiger partial charge < -0.3 is 0 Å². The second-order valence-electron chi connectivity index (χ2n) is 6.88. The fourth-order valence-electron chi connectivity index (χ4n) is 3.49. The van der Waals surface area contributed by atoms with E-state index in [-0.39, 0.29) is 6.04 Å². The van der Waals surface area contributed by atoms with Gasteiger partial charge in [0.2, 0.25) is 0 Å². The molecule has 0 fully saturated rings. The number of benzene rings is 4. The van der Waals surface area contributed by atoms with Crippen LogP contribution < -0.4 is 0 Å². The molecule has 0 aliphatic rings. The lowest BCUT2D eigenvalue weighted by atomic mass is 9.94. The molecule has 0 spiro atoms. The van der Waals surface area contributed by atoms with Gasteiger partial charge in [0.05, 0.1) is 5.71 Å². The van der Waals surface area contributed by atoms with Crippen LogP contribution in [0.1, 0.15) is 33.9 Å². The highest BCUT2D eigenvalue weighted by molar-refractivity contribution is 6.13. The van der Waals surface area contributed by atoms with E-state index in [0.717, 1.165) is 16.8 Å². The zero-order valence-corrected chi connectivity index (χ0v) is 16.0. The summed E-state index contributed by atoms with van der Waals surface area (Å²) in [6.07, 6.45) is 0. The van der Waals surface area contributed by atoms with Gasteiger partial charge in [-0.15, -0.1) is 0 Å². The lowest BCUT2D eigenvalue weighted by molar-refractivity contribution is 0.863. The molecule has 136 valence electrons. The molecule has 0 N–H and O–H groups in total. The summed E-state index contributed by atoms with van der Waals surface area (Å²) in [6.45, 7) is 2.16. The third-order valence-electron chi connectivity index (χ3n) is 4.95. The Bertz CT molecular complexity index is 1010. The third kappa shape index (κ3) is 3.94. The van der Waals surface area contributed by atoms with Crippen molar-refractivity contribution in [3.8, 4) is 0 Å². The molecule has 0 aromatic heterocycles. The second kappa shape index (κ2) is 8.49. The number of aliphatic imine (C=N–C) groups is 1. The summed E-state index contributed by atoms with van der Waals surface area (Å²) in [5, 5.41) is 0. The maximum absolute atomic E-state index is 5.33. The molecular weight excluding hydrogens is 338 g/mol. The van der Waals surface area contributed by atoms with Crippen LogP contribution in [0.3, 0.4) is 0 Å². The topological polar surface area (TPSA) is 12.4 Å². The molecule has 0 amide bonds. The average molecular weight is 361 g/mol. The molecule has 4 aromatic carbocycles. The van der Waals surface area contributed by atoms with Crippen LogP contribution in [0.15, 0.2) is 120 Å². The van der Waals surface area contributed by atoms with Gasteiger partial charge >= 0.3 is 0 Å². The Kier molecular flexibility index (Phi) is 5.44. The zero-order chi connectivity index (χ0) is 19.2. The first-order valence-corrected chi connectivity index (χ1v) is 9.62. The van der Waals surface area contributed by atoms with Crippen LogP contribution in [-0.4, -0.2) is 5.71 Å². The minimum Gasteiger partial charge on any atom is -0.271 e. The second-order valence-corrected chi connectivity index (χ2v) is 6.88. The lowest BCUT2D eigenvalue weighted by Gasteiger charge is -2.19. The largest absolute Gasteiger partial charge is 0.271 e. The van der Waals surface area contributed by atoms with Crippen LogP contribution in [0.4, 0.5) is 0 Å². The van der Waals surface area contributed by atoms with E-state index in [4.69, 9.17) is 4.99 Å². The van der Waals surface area contributed by atoms with E-state index in [9.17, 15) is 0 Å². The van der Waals surface area contributed by atoms with Crippen molar-refractivity contribution in [3.63, 3.8) is 0 Å². The van der Waals surface area contributed by atoms with Crippen molar-refractivity contribution in [2.75, 3.05) is 0 Å².